The summed E-state index contributed by atoms with van der Waals surface area (Å²) in [6.07, 6.45) is 2.42. The molecule has 4 heteroatoms. The van der Waals surface area contributed by atoms with Gasteiger partial charge >= 0.3 is 0 Å². The zero-order valence-corrected chi connectivity index (χ0v) is 13.5. The molecule has 3 rings (SSSR count). The third-order valence-electron chi connectivity index (χ3n) is 3.86. The van der Waals surface area contributed by atoms with Gasteiger partial charge < -0.3 is 5.32 Å². The number of hydrogen-bond acceptors (Lipinski definition) is 2. The van der Waals surface area contributed by atoms with Crippen molar-refractivity contribution < 1.29 is 9.18 Å². The number of carbonyl (C=O) groups is 1. The molecule has 0 fully saturated rings. The smallest absolute Gasteiger partial charge is 0.258 e. The van der Waals surface area contributed by atoms with Crippen LogP contribution >= 0.6 is 0 Å². The summed E-state index contributed by atoms with van der Waals surface area (Å²) in [5.41, 5.74) is 5.21. The number of anilines is 1. The summed E-state index contributed by atoms with van der Waals surface area (Å²) in [5, 5.41) is 2.70. The van der Waals surface area contributed by atoms with Crippen molar-refractivity contribution in [2.75, 3.05) is 5.32 Å². The molecule has 1 N–H and O–H groups in total. The van der Waals surface area contributed by atoms with Crippen molar-refractivity contribution in [3.05, 3.63) is 83.4 Å². The minimum absolute atomic E-state index is 0.0244. The van der Waals surface area contributed by atoms with Crippen LogP contribution in [-0.4, -0.2) is 10.9 Å². The third kappa shape index (κ3) is 3.33. The van der Waals surface area contributed by atoms with Crippen LogP contribution in [0.3, 0.4) is 0 Å². The molecule has 0 bridgehead atoms. The minimum Gasteiger partial charge on any atom is -0.322 e. The summed E-state index contributed by atoms with van der Waals surface area (Å²) in [6.45, 7) is 4.12. The van der Waals surface area contributed by atoms with E-state index in [9.17, 15) is 9.18 Å². The number of aromatic nitrogens is 1. The largest absolute Gasteiger partial charge is 0.322 e. The molecular weight excluding hydrogens is 303 g/mol. The number of hydrogen-bond donors (Lipinski definition) is 1. The Balaban J connectivity index is 1.81. The van der Waals surface area contributed by atoms with Gasteiger partial charge in [0.15, 0.2) is 5.82 Å². The molecule has 0 spiro atoms. The van der Waals surface area contributed by atoms with E-state index in [1.165, 1.54) is 23.4 Å². The van der Waals surface area contributed by atoms with Gasteiger partial charge in [-0.3, -0.25) is 9.78 Å². The lowest BCUT2D eigenvalue weighted by Gasteiger charge is -2.10. The maximum Gasteiger partial charge on any atom is 0.258 e. The quantitative estimate of drug-likeness (QED) is 0.756. The van der Waals surface area contributed by atoms with Crippen LogP contribution in [0.2, 0.25) is 0 Å². The number of benzene rings is 2. The molecule has 0 atom stereocenters. The van der Waals surface area contributed by atoms with Crippen LogP contribution in [0.25, 0.3) is 11.1 Å². The Morgan fingerprint density at radius 2 is 1.79 bits per heavy atom. The highest BCUT2D eigenvalue weighted by Gasteiger charge is 2.11. The first-order valence-corrected chi connectivity index (χ1v) is 7.63. The van der Waals surface area contributed by atoms with Gasteiger partial charge in [-0.1, -0.05) is 35.9 Å². The Bertz CT molecular complexity index is 888. The second kappa shape index (κ2) is 6.62. The molecule has 0 saturated heterocycles. The highest BCUT2D eigenvalue weighted by molar-refractivity contribution is 6.04. The summed E-state index contributed by atoms with van der Waals surface area (Å²) < 4.78 is 13.6. The van der Waals surface area contributed by atoms with E-state index in [1.807, 2.05) is 24.3 Å². The van der Waals surface area contributed by atoms with Crippen molar-refractivity contribution in [2.45, 2.75) is 13.8 Å². The zero-order valence-electron chi connectivity index (χ0n) is 13.5. The van der Waals surface area contributed by atoms with Gasteiger partial charge in [0, 0.05) is 11.9 Å². The average molecular weight is 320 g/mol. The fraction of sp³-hybridized carbons (Fsp3) is 0.100. The predicted octanol–water partition coefficient (Wildman–Crippen LogP) is 4.76. The van der Waals surface area contributed by atoms with E-state index in [-0.39, 0.29) is 5.56 Å². The topological polar surface area (TPSA) is 42.0 Å². The fourth-order valence-corrected chi connectivity index (χ4v) is 2.54. The molecule has 3 aromatic rings. The Hall–Kier alpha value is -3.01. The maximum atomic E-state index is 13.6. The van der Waals surface area contributed by atoms with Gasteiger partial charge in [0.05, 0.1) is 11.8 Å². The zero-order chi connectivity index (χ0) is 17.1. The molecule has 24 heavy (non-hydrogen) atoms. The van der Waals surface area contributed by atoms with Crippen molar-refractivity contribution in [3.8, 4) is 11.1 Å². The summed E-state index contributed by atoms with van der Waals surface area (Å²) in [6, 6.07) is 15.2. The number of nitrogens with one attached hydrogen (secondary N) is 1. The van der Waals surface area contributed by atoms with Crippen LogP contribution in [0.1, 0.15) is 21.5 Å². The van der Waals surface area contributed by atoms with E-state index in [2.05, 4.69) is 42.3 Å². The molecule has 120 valence electrons. The monoisotopic (exact) mass is 320 g/mol. The van der Waals surface area contributed by atoms with Crippen molar-refractivity contribution >= 4 is 11.6 Å². The summed E-state index contributed by atoms with van der Waals surface area (Å²) in [7, 11) is 0. The molecule has 0 saturated carbocycles. The molecule has 2 aromatic carbocycles. The van der Waals surface area contributed by atoms with Crippen molar-refractivity contribution in [3.63, 3.8) is 0 Å². The van der Waals surface area contributed by atoms with E-state index in [4.69, 9.17) is 0 Å². The third-order valence-corrected chi connectivity index (χ3v) is 3.86. The van der Waals surface area contributed by atoms with Crippen molar-refractivity contribution in [1.29, 1.82) is 0 Å². The Kier molecular flexibility index (Phi) is 4.38. The highest BCUT2D eigenvalue weighted by atomic mass is 19.1. The molecule has 0 aliphatic carbocycles. The molecular formula is C20H17FN2O. The molecule has 3 nitrogen and oxygen atoms in total. The summed E-state index contributed by atoms with van der Waals surface area (Å²) in [4.78, 5) is 15.7. The van der Waals surface area contributed by atoms with Crippen molar-refractivity contribution in [2.24, 2.45) is 0 Å². The van der Waals surface area contributed by atoms with Gasteiger partial charge in [0.2, 0.25) is 0 Å². The average Bonchev–Trinajstić information content (AvgIpc) is 2.58. The lowest BCUT2D eigenvalue weighted by atomic mass is 9.98. The normalized spacial score (nSPS) is 10.5. The first kappa shape index (κ1) is 15.9. The molecule has 0 radical (unpaired) electrons. The van der Waals surface area contributed by atoms with Gasteiger partial charge in [-0.2, -0.15) is 0 Å². The highest BCUT2D eigenvalue weighted by Crippen LogP contribution is 2.26. The Morgan fingerprint density at radius 3 is 2.50 bits per heavy atom. The van der Waals surface area contributed by atoms with E-state index < -0.39 is 11.7 Å². The molecule has 1 aromatic heterocycles. The number of halogens is 1. The van der Waals surface area contributed by atoms with Gasteiger partial charge in [-0.05, 0) is 48.7 Å². The number of carbonyl (C=O) groups excluding carboxylic acids is 1. The number of nitrogens with zero attached hydrogens (tertiary/aromatic N) is 1. The molecule has 1 heterocycles. The molecule has 1 amide bonds. The number of pyridine rings is 1. The minimum atomic E-state index is -0.637. The van der Waals surface area contributed by atoms with E-state index in [0.717, 1.165) is 17.3 Å². The first-order valence-electron chi connectivity index (χ1n) is 7.63. The second-order valence-corrected chi connectivity index (χ2v) is 5.71. The van der Waals surface area contributed by atoms with Gasteiger partial charge in [0.1, 0.15) is 0 Å². The van der Waals surface area contributed by atoms with Gasteiger partial charge in [-0.25, -0.2) is 4.39 Å². The van der Waals surface area contributed by atoms with Gasteiger partial charge in [-0.15, -0.1) is 0 Å². The number of rotatable bonds is 3. The standard InChI is InChI=1S/C20H17FN2O/c1-13-3-4-14(2)18(11-13)15-5-7-16(8-6-15)23-20(24)17-9-10-22-12-19(17)21/h3-12H,1-2H3,(H,23,24). The molecule has 0 unspecified atom stereocenters. The SMILES string of the molecule is Cc1ccc(C)c(-c2ccc(NC(=O)c3ccncc3F)cc2)c1. The van der Waals surface area contributed by atoms with Crippen LogP contribution in [-0.2, 0) is 0 Å². The van der Waals surface area contributed by atoms with Gasteiger partial charge in [0.25, 0.3) is 5.91 Å². The number of amides is 1. The lowest BCUT2D eigenvalue weighted by Crippen LogP contribution is -2.13. The van der Waals surface area contributed by atoms with E-state index in [1.54, 1.807) is 0 Å². The van der Waals surface area contributed by atoms with Crippen LogP contribution in [0.5, 0.6) is 0 Å². The van der Waals surface area contributed by atoms with Crippen LogP contribution in [0.4, 0.5) is 10.1 Å². The maximum absolute atomic E-state index is 13.6. The van der Waals surface area contributed by atoms with E-state index in [0.29, 0.717) is 5.69 Å². The Morgan fingerprint density at radius 1 is 1.04 bits per heavy atom. The lowest BCUT2D eigenvalue weighted by molar-refractivity contribution is 0.102. The molecule has 0 aliphatic rings. The molecule has 0 aliphatic heterocycles. The van der Waals surface area contributed by atoms with Crippen molar-refractivity contribution in [1.82, 2.24) is 4.98 Å². The predicted molar refractivity (Wildman–Crippen MR) is 93.5 cm³/mol. The first-order chi connectivity index (χ1) is 11.5. The van der Waals surface area contributed by atoms with E-state index >= 15 is 0 Å². The second-order valence-electron chi connectivity index (χ2n) is 5.71. The van der Waals surface area contributed by atoms with Crippen LogP contribution in [0.15, 0.2) is 60.9 Å². The Labute approximate surface area is 140 Å². The summed E-state index contributed by atoms with van der Waals surface area (Å²) in [5.74, 6) is -1.13. The van der Waals surface area contributed by atoms with Crippen LogP contribution in [0, 0.1) is 19.7 Å². The van der Waals surface area contributed by atoms with Crippen LogP contribution < -0.4 is 5.32 Å². The number of aryl methyl sites for hydroxylation is 2. The fourth-order valence-electron chi connectivity index (χ4n) is 2.54. The summed E-state index contributed by atoms with van der Waals surface area (Å²) >= 11 is 0.